The van der Waals surface area contributed by atoms with Gasteiger partial charge in [-0.15, -0.1) is 0 Å². The molecule has 0 aliphatic rings. The number of rotatable bonds is 75. The van der Waals surface area contributed by atoms with Gasteiger partial charge in [0.2, 0.25) is 53.2 Å². The predicted molar refractivity (Wildman–Crippen MR) is 349 cm³/mol. The maximum Gasteiger partial charge on any atom is 0.246 e. The van der Waals surface area contributed by atoms with Gasteiger partial charge in [0.25, 0.3) is 0 Å². The lowest BCUT2D eigenvalue weighted by atomic mass is 10.3. The molecule has 0 bridgehead atoms. The standard InChI is InChI=1S/C60H117N13O24/c61-95-28-4-1-13-67-55(77)46-92-49-58(80)70-19-10-25-86-34-40-89-37-31-83-22-7-16-64-52(74)43-73(44-53(75)65-17-8-23-84-32-38-90-41-35-87-26-11-20-71-59(81)50-93-47-56(78)68-14-2-5-29-96-62)45-54(76)66-18-9-24-85-33-39-91-42-36-88-27-12-21-72-60(82)51-94-48-57(79)69-15-3-6-30-97-63/h1-51,61-63H2,(H,64,74)(H,65,75)(H,66,76)(H,67,77)(H,68,78)(H,69,79)(H,70,80)(H,71,81)(H,72,82). The minimum Gasteiger partial charge on any atom is -0.379 e. The van der Waals surface area contributed by atoms with Crippen LogP contribution in [-0.4, -0.2) is 315 Å². The molecule has 0 heterocycles. The molecule has 566 valence electrons. The van der Waals surface area contributed by atoms with Gasteiger partial charge in [-0.2, -0.15) is 0 Å². The number of ether oxygens (including phenoxy) is 12. The molecule has 0 atom stereocenters. The summed E-state index contributed by atoms with van der Waals surface area (Å²) in [5.41, 5.74) is 0. The Hall–Kier alpha value is -5.53. The van der Waals surface area contributed by atoms with Crippen molar-refractivity contribution in [1.82, 2.24) is 52.8 Å². The van der Waals surface area contributed by atoms with Gasteiger partial charge < -0.3 is 119 Å². The summed E-state index contributed by atoms with van der Waals surface area (Å²) < 4.78 is 65.5. The van der Waals surface area contributed by atoms with E-state index < -0.39 is 0 Å². The smallest absolute Gasteiger partial charge is 0.246 e. The highest BCUT2D eigenvalue weighted by Gasteiger charge is 2.18. The van der Waals surface area contributed by atoms with E-state index in [1.54, 1.807) is 0 Å². The van der Waals surface area contributed by atoms with Crippen molar-refractivity contribution in [3.05, 3.63) is 0 Å². The molecule has 0 aliphatic carbocycles. The number of nitrogens with two attached hydrogens (primary N) is 3. The van der Waals surface area contributed by atoms with Gasteiger partial charge in [-0.1, -0.05) is 0 Å². The first-order valence-corrected chi connectivity index (χ1v) is 33.4. The largest absolute Gasteiger partial charge is 0.379 e. The van der Waals surface area contributed by atoms with Crippen LogP contribution in [-0.2, 0) is 115 Å². The molecule has 15 N–H and O–H groups in total. The highest BCUT2D eigenvalue weighted by atomic mass is 16.6. The summed E-state index contributed by atoms with van der Waals surface area (Å²) in [6.45, 7) is 9.18. The first-order valence-electron chi connectivity index (χ1n) is 33.4. The van der Waals surface area contributed by atoms with E-state index in [4.69, 9.17) is 74.5 Å². The van der Waals surface area contributed by atoms with Crippen molar-refractivity contribution >= 4 is 53.2 Å². The number of hydrogen-bond donors (Lipinski definition) is 12. The molecule has 0 radical (unpaired) electrons. The van der Waals surface area contributed by atoms with Crippen LogP contribution in [0, 0.1) is 0 Å². The van der Waals surface area contributed by atoms with Gasteiger partial charge in [0, 0.05) is 98.5 Å². The fourth-order valence-electron chi connectivity index (χ4n) is 7.61. The summed E-state index contributed by atoms with van der Waals surface area (Å²) in [4.78, 5) is 125. The number of nitrogens with one attached hydrogen (secondary N) is 9. The first kappa shape index (κ1) is 91.5. The van der Waals surface area contributed by atoms with Crippen LogP contribution in [0.25, 0.3) is 0 Å². The third kappa shape index (κ3) is 71.6. The lowest BCUT2D eigenvalue weighted by Crippen LogP contribution is -2.47. The number of unbranched alkanes of at least 4 members (excludes halogenated alkanes) is 3. The van der Waals surface area contributed by atoms with Gasteiger partial charge in [0.15, 0.2) is 0 Å². The van der Waals surface area contributed by atoms with Crippen LogP contribution in [0.1, 0.15) is 77.0 Å². The Morgan fingerprint density at radius 2 is 0.361 bits per heavy atom. The fraction of sp³-hybridized carbons (Fsp3) is 0.850. The molecule has 0 rings (SSSR count). The zero-order valence-corrected chi connectivity index (χ0v) is 57.0. The highest BCUT2D eigenvalue weighted by Crippen LogP contribution is 1.96. The molecule has 0 aliphatic heterocycles. The monoisotopic (exact) mass is 1400 g/mol. The summed E-state index contributed by atoms with van der Waals surface area (Å²) >= 11 is 0. The predicted octanol–water partition coefficient (Wildman–Crippen LogP) is -5.11. The molecule has 9 amide bonds. The topological polar surface area (TPSA) is 482 Å². The van der Waals surface area contributed by atoms with Crippen LogP contribution < -0.4 is 65.5 Å². The van der Waals surface area contributed by atoms with Gasteiger partial charge >= 0.3 is 0 Å². The SMILES string of the molecule is NOCCCCNC(=O)COCC(=O)NCCCOCCOCCOCCCNC(=O)CN(CC(=O)NCCCOCCOCCOCCCNC(=O)COCC(=O)NCCCCON)CC(=O)NCCCOCCOCCOCCCNC(=O)COCC(=O)NCCCCON. The van der Waals surface area contributed by atoms with E-state index in [-0.39, 0.29) is 112 Å². The fourth-order valence-corrected chi connectivity index (χ4v) is 7.61. The lowest BCUT2D eigenvalue weighted by molar-refractivity contribution is -0.132. The Morgan fingerprint density at radius 1 is 0.196 bits per heavy atom. The zero-order chi connectivity index (χ0) is 70.8. The molecule has 0 aromatic carbocycles. The van der Waals surface area contributed by atoms with Crippen LogP contribution >= 0.6 is 0 Å². The number of nitrogens with zero attached hydrogens (tertiary/aromatic N) is 1. The van der Waals surface area contributed by atoms with Crippen LogP contribution in [0.2, 0.25) is 0 Å². The summed E-state index contributed by atoms with van der Waals surface area (Å²) in [7, 11) is 0. The zero-order valence-electron chi connectivity index (χ0n) is 57.0. The van der Waals surface area contributed by atoms with E-state index in [1.165, 1.54) is 4.90 Å². The van der Waals surface area contributed by atoms with E-state index >= 15 is 0 Å². The summed E-state index contributed by atoms with van der Waals surface area (Å²) in [5, 5.41) is 24.6. The van der Waals surface area contributed by atoms with Crippen molar-refractivity contribution in [2.75, 3.05) is 257 Å². The number of hydrogen-bond acceptors (Lipinski definition) is 28. The van der Waals surface area contributed by atoms with Crippen LogP contribution in [0.15, 0.2) is 0 Å². The maximum atomic E-state index is 13.0. The van der Waals surface area contributed by atoms with Crippen molar-refractivity contribution in [1.29, 1.82) is 0 Å². The number of amides is 9. The second-order valence-electron chi connectivity index (χ2n) is 21.1. The van der Waals surface area contributed by atoms with Crippen molar-refractivity contribution in [2.45, 2.75) is 77.0 Å². The van der Waals surface area contributed by atoms with Crippen molar-refractivity contribution in [2.24, 2.45) is 17.7 Å². The molecule has 0 aromatic rings. The third-order valence-corrected chi connectivity index (χ3v) is 12.5. The van der Waals surface area contributed by atoms with Gasteiger partial charge in [0.05, 0.1) is 119 Å². The van der Waals surface area contributed by atoms with Crippen molar-refractivity contribution in [3.8, 4) is 0 Å². The normalized spacial score (nSPS) is 11.1. The number of carbonyl (C=O) groups excluding carboxylic acids is 9. The first-order chi connectivity index (χ1) is 47.4. The second-order valence-corrected chi connectivity index (χ2v) is 21.1. The summed E-state index contributed by atoms with van der Waals surface area (Å²) in [6, 6.07) is 0. The van der Waals surface area contributed by atoms with E-state index in [0.717, 1.165) is 19.3 Å². The molecule has 37 nitrogen and oxygen atoms in total. The minimum absolute atomic E-state index is 0.210. The maximum absolute atomic E-state index is 13.0. The molecule has 0 fully saturated rings. The van der Waals surface area contributed by atoms with Crippen molar-refractivity contribution < 1.29 is 115 Å². The Bertz CT molecular complexity index is 1740. The molecular weight excluding hydrogens is 1290 g/mol. The van der Waals surface area contributed by atoms with Gasteiger partial charge in [-0.05, 0) is 77.0 Å². The molecule has 0 unspecified atom stereocenters. The molecule has 0 saturated heterocycles. The summed E-state index contributed by atoms with van der Waals surface area (Å²) in [6.07, 6.45) is 7.57. The molecule has 0 saturated carbocycles. The van der Waals surface area contributed by atoms with E-state index in [2.05, 4.69) is 62.4 Å². The van der Waals surface area contributed by atoms with Crippen LogP contribution in [0.5, 0.6) is 0 Å². The van der Waals surface area contributed by atoms with E-state index in [9.17, 15) is 43.2 Å². The Balaban J connectivity index is 4.42. The van der Waals surface area contributed by atoms with Crippen LogP contribution in [0.4, 0.5) is 0 Å². The Kier molecular flexibility index (Phi) is 69.0. The molecule has 97 heavy (non-hydrogen) atoms. The van der Waals surface area contributed by atoms with Gasteiger partial charge in [-0.25, -0.2) is 17.7 Å². The second kappa shape index (κ2) is 73.2. The molecule has 37 heteroatoms. The third-order valence-electron chi connectivity index (χ3n) is 12.5. The van der Waals surface area contributed by atoms with E-state index in [1.807, 2.05) is 0 Å². The number of carbonyl (C=O) groups is 9. The average molecular weight is 1400 g/mol. The Morgan fingerprint density at radius 3 is 0.546 bits per heavy atom. The molecule has 0 spiro atoms. The highest BCUT2D eigenvalue weighted by molar-refractivity contribution is 5.84. The molecule has 0 aromatic heterocycles. The van der Waals surface area contributed by atoms with Gasteiger partial charge in [0.1, 0.15) is 39.6 Å². The summed E-state index contributed by atoms with van der Waals surface area (Å²) in [5.74, 6) is 11.8. The van der Waals surface area contributed by atoms with Crippen molar-refractivity contribution in [3.63, 3.8) is 0 Å². The molecular formula is C60H117N13O24. The minimum atomic E-state index is -0.374. The Labute approximate surface area is 570 Å². The average Bonchev–Trinajstić information content (AvgIpc) is 2.63. The lowest BCUT2D eigenvalue weighted by Gasteiger charge is -2.21. The van der Waals surface area contributed by atoms with Gasteiger partial charge in [-0.3, -0.25) is 48.1 Å². The quantitative estimate of drug-likeness (QED) is 0.0200. The van der Waals surface area contributed by atoms with E-state index in [0.29, 0.717) is 255 Å². The van der Waals surface area contributed by atoms with Crippen LogP contribution in [0.3, 0.4) is 0 Å².